The van der Waals surface area contributed by atoms with E-state index in [2.05, 4.69) is 50.3 Å². The number of hydrogen-bond donors (Lipinski definition) is 2. The molecule has 3 rings (SSSR count). The van der Waals surface area contributed by atoms with Gasteiger partial charge in [-0.25, -0.2) is 9.97 Å². The van der Waals surface area contributed by atoms with Crippen molar-refractivity contribution in [3.63, 3.8) is 0 Å². The van der Waals surface area contributed by atoms with Gasteiger partial charge in [0.2, 0.25) is 0 Å². The zero-order chi connectivity index (χ0) is 17.8. The molecule has 2 heterocycles. The second kappa shape index (κ2) is 9.21. The SMILES string of the molecule is CCOc1cc(-c2cc(NC(C)c3ccc(Br)cc3)ncn2)sc1N.Cl. The molecule has 8 heteroatoms. The summed E-state index contributed by atoms with van der Waals surface area (Å²) in [5, 5.41) is 4.07. The highest BCUT2D eigenvalue weighted by Crippen LogP contribution is 2.38. The molecule has 26 heavy (non-hydrogen) atoms. The van der Waals surface area contributed by atoms with Crippen LogP contribution in [0.1, 0.15) is 25.5 Å². The summed E-state index contributed by atoms with van der Waals surface area (Å²) >= 11 is 4.92. The number of benzene rings is 1. The number of halogens is 2. The van der Waals surface area contributed by atoms with Crippen LogP contribution in [0.15, 0.2) is 47.2 Å². The van der Waals surface area contributed by atoms with Crippen LogP contribution in [0.3, 0.4) is 0 Å². The van der Waals surface area contributed by atoms with Crippen molar-refractivity contribution in [3.8, 4) is 16.3 Å². The van der Waals surface area contributed by atoms with Gasteiger partial charge in [0.15, 0.2) is 5.75 Å². The predicted octanol–water partition coefficient (Wildman–Crippen LogP) is 5.54. The predicted molar refractivity (Wildman–Crippen MR) is 114 cm³/mol. The van der Waals surface area contributed by atoms with Crippen molar-refractivity contribution in [2.45, 2.75) is 19.9 Å². The van der Waals surface area contributed by atoms with Crippen molar-refractivity contribution in [1.82, 2.24) is 9.97 Å². The van der Waals surface area contributed by atoms with Crippen LogP contribution >= 0.6 is 39.7 Å². The van der Waals surface area contributed by atoms with Crippen LogP contribution in [0, 0.1) is 0 Å². The van der Waals surface area contributed by atoms with Crippen LogP contribution in [0.2, 0.25) is 0 Å². The Morgan fingerprint density at radius 3 is 2.65 bits per heavy atom. The summed E-state index contributed by atoms with van der Waals surface area (Å²) in [4.78, 5) is 9.64. The summed E-state index contributed by atoms with van der Waals surface area (Å²) in [6, 6.07) is 12.2. The lowest BCUT2D eigenvalue weighted by molar-refractivity contribution is 0.343. The summed E-state index contributed by atoms with van der Waals surface area (Å²) in [5.74, 6) is 1.48. The molecular formula is C18H20BrClN4OS. The number of hydrogen-bond acceptors (Lipinski definition) is 6. The summed E-state index contributed by atoms with van der Waals surface area (Å²) in [6.45, 7) is 4.62. The summed E-state index contributed by atoms with van der Waals surface area (Å²) in [7, 11) is 0. The van der Waals surface area contributed by atoms with Crippen LogP contribution in [-0.2, 0) is 0 Å². The number of thiophene rings is 1. The lowest BCUT2D eigenvalue weighted by atomic mass is 10.1. The molecule has 0 aliphatic heterocycles. The molecule has 0 bridgehead atoms. The van der Waals surface area contributed by atoms with Gasteiger partial charge in [-0.2, -0.15) is 0 Å². The van der Waals surface area contributed by atoms with Crippen molar-refractivity contribution in [1.29, 1.82) is 0 Å². The molecule has 0 saturated carbocycles. The maximum atomic E-state index is 6.00. The van der Waals surface area contributed by atoms with Crippen molar-refractivity contribution in [3.05, 3.63) is 52.8 Å². The first-order valence-corrected chi connectivity index (χ1v) is 9.54. The molecular weight excluding hydrogens is 436 g/mol. The van der Waals surface area contributed by atoms with E-state index in [0.29, 0.717) is 17.4 Å². The van der Waals surface area contributed by atoms with Gasteiger partial charge >= 0.3 is 0 Å². The third kappa shape index (κ3) is 4.87. The third-order valence-electron chi connectivity index (χ3n) is 3.68. The Balaban J connectivity index is 0.00000243. The number of nitrogen functional groups attached to an aromatic ring is 1. The zero-order valence-electron chi connectivity index (χ0n) is 14.4. The zero-order valence-corrected chi connectivity index (χ0v) is 17.6. The Kier molecular flexibility index (Phi) is 7.25. The Morgan fingerprint density at radius 2 is 1.96 bits per heavy atom. The normalized spacial score (nSPS) is 11.5. The van der Waals surface area contributed by atoms with Gasteiger partial charge in [0.25, 0.3) is 0 Å². The van der Waals surface area contributed by atoms with Gasteiger partial charge in [-0.1, -0.05) is 28.1 Å². The fourth-order valence-electron chi connectivity index (χ4n) is 2.41. The Hall–Kier alpha value is -1.83. The van der Waals surface area contributed by atoms with Crippen molar-refractivity contribution in [2.75, 3.05) is 17.7 Å². The van der Waals surface area contributed by atoms with E-state index >= 15 is 0 Å². The van der Waals surface area contributed by atoms with Crippen LogP contribution in [-0.4, -0.2) is 16.6 Å². The van der Waals surface area contributed by atoms with Crippen molar-refractivity contribution >= 4 is 50.5 Å². The number of rotatable bonds is 6. The minimum absolute atomic E-state index is 0. The minimum atomic E-state index is 0. The third-order valence-corrected chi connectivity index (χ3v) is 5.18. The molecule has 0 radical (unpaired) electrons. The van der Waals surface area contributed by atoms with Crippen LogP contribution < -0.4 is 15.8 Å². The highest BCUT2D eigenvalue weighted by atomic mass is 79.9. The second-order valence-corrected chi connectivity index (χ2v) is 7.48. The molecule has 1 atom stereocenters. The molecule has 0 amide bonds. The molecule has 138 valence electrons. The number of aromatic nitrogens is 2. The van der Waals surface area contributed by atoms with Gasteiger partial charge < -0.3 is 15.8 Å². The summed E-state index contributed by atoms with van der Waals surface area (Å²) in [6.07, 6.45) is 1.56. The number of nitrogens with two attached hydrogens (primary N) is 1. The largest absolute Gasteiger partial charge is 0.491 e. The van der Waals surface area contributed by atoms with E-state index in [1.54, 1.807) is 6.33 Å². The highest BCUT2D eigenvalue weighted by molar-refractivity contribution is 9.10. The van der Waals surface area contributed by atoms with Crippen molar-refractivity contribution < 1.29 is 4.74 Å². The summed E-state index contributed by atoms with van der Waals surface area (Å²) < 4.78 is 6.59. The number of anilines is 2. The maximum Gasteiger partial charge on any atom is 0.154 e. The molecule has 1 aromatic carbocycles. The molecule has 0 fully saturated rings. The first-order valence-electron chi connectivity index (χ1n) is 7.93. The quantitative estimate of drug-likeness (QED) is 0.510. The molecule has 0 spiro atoms. The Morgan fingerprint density at radius 1 is 1.23 bits per heavy atom. The Bertz CT molecular complexity index is 857. The molecule has 3 aromatic rings. The van der Waals surface area contributed by atoms with E-state index in [9.17, 15) is 0 Å². The van der Waals surface area contributed by atoms with E-state index in [-0.39, 0.29) is 18.4 Å². The second-order valence-electron chi connectivity index (χ2n) is 5.48. The smallest absolute Gasteiger partial charge is 0.154 e. The lowest BCUT2D eigenvalue weighted by Gasteiger charge is -2.15. The fraction of sp³-hybridized carbons (Fsp3) is 0.222. The van der Waals surface area contributed by atoms with E-state index in [0.717, 1.165) is 20.9 Å². The van der Waals surface area contributed by atoms with Gasteiger partial charge in [0.1, 0.15) is 17.1 Å². The maximum absolute atomic E-state index is 6.00. The number of nitrogens with one attached hydrogen (secondary N) is 1. The number of nitrogens with zero attached hydrogens (tertiary/aromatic N) is 2. The standard InChI is InChI=1S/C18H19BrN4OS.ClH/c1-3-24-15-9-16(25-18(15)20)14-8-17(22-10-21-14)23-11(2)12-4-6-13(19)7-5-12;/h4-11H,3,20H2,1-2H3,(H,21,22,23);1H. The van der Waals surface area contributed by atoms with Gasteiger partial charge in [0.05, 0.1) is 17.2 Å². The van der Waals surface area contributed by atoms with Crippen LogP contribution in [0.4, 0.5) is 10.8 Å². The molecule has 3 N–H and O–H groups in total. The first-order chi connectivity index (χ1) is 12.1. The van der Waals surface area contributed by atoms with Gasteiger partial charge in [-0.15, -0.1) is 23.7 Å². The number of ether oxygens (including phenoxy) is 1. The van der Waals surface area contributed by atoms with E-state index in [1.807, 2.05) is 31.2 Å². The monoisotopic (exact) mass is 454 g/mol. The molecule has 1 unspecified atom stereocenters. The molecule has 5 nitrogen and oxygen atoms in total. The fourth-order valence-corrected chi connectivity index (χ4v) is 3.51. The van der Waals surface area contributed by atoms with Gasteiger partial charge in [0, 0.05) is 22.6 Å². The minimum Gasteiger partial charge on any atom is -0.491 e. The summed E-state index contributed by atoms with van der Waals surface area (Å²) in [5.41, 5.74) is 8.01. The van der Waals surface area contributed by atoms with E-state index in [4.69, 9.17) is 10.5 Å². The average Bonchev–Trinajstić information content (AvgIpc) is 2.97. The highest BCUT2D eigenvalue weighted by Gasteiger charge is 2.12. The first kappa shape index (κ1) is 20.5. The topological polar surface area (TPSA) is 73.1 Å². The van der Waals surface area contributed by atoms with Gasteiger partial charge in [-0.3, -0.25) is 0 Å². The van der Waals surface area contributed by atoms with Crippen LogP contribution in [0.5, 0.6) is 5.75 Å². The van der Waals surface area contributed by atoms with Crippen molar-refractivity contribution in [2.24, 2.45) is 0 Å². The van der Waals surface area contributed by atoms with Crippen LogP contribution in [0.25, 0.3) is 10.6 Å². The van der Waals surface area contributed by atoms with Gasteiger partial charge in [-0.05, 0) is 31.5 Å². The molecule has 0 aliphatic carbocycles. The Labute approximate surface area is 171 Å². The average molecular weight is 456 g/mol. The molecule has 0 aliphatic rings. The van der Waals surface area contributed by atoms with E-state index in [1.165, 1.54) is 16.9 Å². The molecule has 0 saturated heterocycles. The van der Waals surface area contributed by atoms with E-state index < -0.39 is 0 Å². The lowest BCUT2D eigenvalue weighted by Crippen LogP contribution is -2.08. The molecule has 2 aromatic heterocycles.